The van der Waals surface area contributed by atoms with Crippen molar-refractivity contribution in [1.29, 1.82) is 0 Å². The van der Waals surface area contributed by atoms with E-state index in [0.717, 1.165) is 0 Å². The van der Waals surface area contributed by atoms with Crippen LogP contribution in [0.2, 0.25) is 0 Å². The molecule has 10 heteroatoms. The Morgan fingerprint density at radius 2 is 1.85 bits per heavy atom. The smallest absolute Gasteiger partial charge is 0.468 e. The van der Waals surface area contributed by atoms with Crippen LogP contribution in [0.1, 0.15) is 31.2 Å². The molecule has 1 rings (SSSR count). The summed E-state index contributed by atoms with van der Waals surface area (Å²) in [5, 5.41) is 19.1. The maximum Gasteiger partial charge on any atom is 0.468 e. The molecule has 0 bridgehead atoms. The summed E-state index contributed by atoms with van der Waals surface area (Å²) in [6.45, 7) is -0.320. The number of amides is 1. The second-order valence-electron chi connectivity index (χ2n) is 5.31. The van der Waals surface area contributed by atoms with E-state index in [1.54, 1.807) is 18.2 Å². The van der Waals surface area contributed by atoms with Crippen LogP contribution in [0.5, 0.6) is 11.5 Å². The molecule has 0 saturated heterocycles. The van der Waals surface area contributed by atoms with Gasteiger partial charge in [-0.3, -0.25) is 4.79 Å². The first kappa shape index (κ1) is 21.0. The number of benzene rings is 1. The summed E-state index contributed by atoms with van der Waals surface area (Å²) in [6.07, 6.45) is 0.0614. The van der Waals surface area contributed by atoms with Crippen LogP contribution in [0, 0.1) is 10.1 Å². The highest BCUT2D eigenvalue weighted by atomic mass is 16.7. The zero-order valence-electron chi connectivity index (χ0n) is 14.7. The number of rotatable bonds is 11. The van der Waals surface area contributed by atoms with Gasteiger partial charge in [0.15, 0.2) is 16.5 Å². The number of nitro groups is 1. The number of hydrazine groups is 1. The normalized spacial score (nSPS) is 10.1. The summed E-state index contributed by atoms with van der Waals surface area (Å²) in [4.78, 5) is 33.3. The van der Waals surface area contributed by atoms with Gasteiger partial charge in [0, 0.05) is 6.42 Å². The Labute approximate surface area is 150 Å². The first-order valence-electron chi connectivity index (χ1n) is 7.90. The van der Waals surface area contributed by atoms with Crippen molar-refractivity contribution in [2.45, 2.75) is 32.3 Å². The first-order valence-corrected chi connectivity index (χ1v) is 7.90. The standard InChI is InChI=1S/C16H22N2O8/c1-24-13-8-7-12(10-14(13)25-2)11-26-16(21)17(18(22)23)9-5-3-4-6-15(19)20/h7-8,10H,3-6,9,11H2,1-2H3,(H,19,20). The predicted molar refractivity (Wildman–Crippen MR) is 89.5 cm³/mol. The van der Waals surface area contributed by atoms with E-state index in [-0.39, 0.29) is 19.6 Å². The molecule has 1 aromatic carbocycles. The molecule has 1 amide bonds. The van der Waals surface area contributed by atoms with E-state index >= 15 is 0 Å². The molecule has 0 aromatic heterocycles. The highest BCUT2D eigenvalue weighted by Crippen LogP contribution is 2.27. The number of ether oxygens (including phenoxy) is 3. The van der Waals surface area contributed by atoms with Gasteiger partial charge in [-0.2, -0.15) is 0 Å². The number of carboxylic acids is 1. The second-order valence-corrected chi connectivity index (χ2v) is 5.31. The minimum atomic E-state index is -1.08. The summed E-state index contributed by atoms with van der Waals surface area (Å²) >= 11 is 0. The lowest BCUT2D eigenvalue weighted by molar-refractivity contribution is -0.635. The molecule has 0 spiro atoms. The number of aliphatic carboxylic acids is 1. The molecule has 0 aliphatic heterocycles. The van der Waals surface area contributed by atoms with Crippen molar-refractivity contribution in [3.05, 3.63) is 33.9 Å². The fraction of sp³-hybridized carbons (Fsp3) is 0.500. The van der Waals surface area contributed by atoms with Crippen LogP contribution in [-0.4, -0.2) is 48.0 Å². The Bertz CT molecular complexity index is 635. The summed E-state index contributed by atoms with van der Waals surface area (Å²) in [6, 6.07) is 4.89. The lowest BCUT2D eigenvalue weighted by Gasteiger charge is -2.13. The van der Waals surface area contributed by atoms with Crippen LogP contribution >= 0.6 is 0 Å². The third kappa shape index (κ3) is 6.83. The van der Waals surface area contributed by atoms with Crippen LogP contribution in [0.15, 0.2) is 18.2 Å². The highest BCUT2D eigenvalue weighted by Gasteiger charge is 2.25. The third-order valence-corrected chi connectivity index (χ3v) is 3.48. The summed E-state index contributed by atoms with van der Waals surface area (Å²) in [7, 11) is 2.95. The number of carboxylic acid groups (broad SMARTS) is 1. The van der Waals surface area contributed by atoms with Crippen molar-refractivity contribution in [3.8, 4) is 11.5 Å². The first-order chi connectivity index (χ1) is 12.4. The van der Waals surface area contributed by atoms with Crippen LogP contribution in [-0.2, 0) is 16.1 Å². The highest BCUT2D eigenvalue weighted by molar-refractivity contribution is 5.66. The molecule has 0 heterocycles. The van der Waals surface area contributed by atoms with Gasteiger partial charge in [-0.25, -0.2) is 14.9 Å². The molecular weight excluding hydrogens is 348 g/mol. The fourth-order valence-electron chi connectivity index (χ4n) is 2.14. The van der Waals surface area contributed by atoms with Crippen molar-refractivity contribution in [2.75, 3.05) is 20.8 Å². The third-order valence-electron chi connectivity index (χ3n) is 3.48. The minimum Gasteiger partial charge on any atom is -0.493 e. The molecule has 0 atom stereocenters. The SMILES string of the molecule is COc1ccc(COC(=O)N(CCCCCC(=O)O)[N+](=O)[O-])cc1OC. The van der Waals surface area contributed by atoms with Crippen LogP contribution in [0.25, 0.3) is 0 Å². The summed E-state index contributed by atoms with van der Waals surface area (Å²) < 4.78 is 15.2. The number of hydrogen-bond donors (Lipinski definition) is 1. The molecule has 0 fully saturated rings. The predicted octanol–water partition coefficient (Wildman–Crippen LogP) is 2.48. The minimum absolute atomic E-state index is 0.0117. The van der Waals surface area contributed by atoms with E-state index in [4.69, 9.17) is 19.3 Å². The lowest BCUT2D eigenvalue weighted by Crippen LogP contribution is -2.37. The van der Waals surface area contributed by atoms with Crippen LogP contribution < -0.4 is 9.47 Å². The molecule has 0 radical (unpaired) electrons. The van der Waals surface area contributed by atoms with Gasteiger partial charge in [0.25, 0.3) is 0 Å². The van der Waals surface area contributed by atoms with Gasteiger partial charge in [0.05, 0.1) is 20.8 Å². The molecule has 144 valence electrons. The zero-order chi connectivity index (χ0) is 19.5. The van der Waals surface area contributed by atoms with Crippen molar-refractivity contribution < 1.29 is 33.9 Å². The van der Waals surface area contributed by atoms with Gasteiger partial charge in [0.2, 0.25) is 0 Å². The number of hydrogen-bond acceptors (Lipinski definition) is 7. The average molecular weight is 370 g/mol. The van der Waals surface area contributed by atoms with Gasteiger partial charge >= 0.3 is 12.1 Å². The molecule has 0 unspecified atom stereocenters. The number of carbonyl (C=O) groups is 2. The lowest BCUT2D eigenvalue weighted by atomic mass is 10.2. The van der Waals surface area contributed by atoms with Gasteiger partial charge in [-0.15, -0.1) is 0 Å². The Hall–Kier alpha value is -3.04. The van der Waals surface area contributed by atoms with E-state index in [1.165, 1.54) is 14.2 Å². The van der Waals surface area contributed by atoms with E-state index in [2.05, 4.69) is 0 Å². The number of unbranched alkanes of at least 4 members (excludes halogenated alkanes) is 2. The van der Waals surface area contributed by atoms with Gasteiger partial charge in [-0.1, -0.05) is 12.5 Å². The molecule has 0 saturated carbocycles. The molecule has 1 aromatic rings. The zero-order valence-corrected chi connectivity index (χ0v) is 14.7. The molecule has 26 heavy (non-hydrogen) atoms. The molecule has 10 nitrogen and oxygen atoms in total. The Kier molecular flexibility index (Phi) is 8.68. The number of carbonyl (C=O) groups excluding carboxylic acids is 1. The van der Waals surface area contributed by atoms with E-state index < -0.39 is 17.1 Å². The number of nitrogens with zero attached hydrogens (tertiary/aromatic N) is 2. The molecular formula is C16H22N2O8. The molecule has 1 N–H and O–H groups in total. The van der Waals surface area contributed by atoms with Crippen LogP contribution in [0.3, 0.4) is 0 Å². The average Bonchev–Trinajstić information content (AvgIpc) is 2.61. The molecule has 0 aliphatic carbocycles. The van der Waals surface area contributed by atoms with Gasteiger partial charge in [0.1, 0.15) is 6.61 Å². The monoisotopic (exact) mass is 370 g/mol. The van der Waals surface area contributed by atoms with Crippen molar-refractivity contribution >= 4 is 12.1 Å². The quantitative estimate of drug-likeness (QED) is 0.357. The second kappa shape index (κ2) is 10.7. The van der Waals surface area contributed by atoms with Crippen molar-refractivity contribution in [1.82, 2.24) is 5.01 Å². The Morgan fingerprint density at radius 1 is 1.15 bits per heavy atom. The van der Waals surface area contributed by atoms with E-state index in [0.29, 0.717) is 41.3 Å². The van der Waals surface area contributed by atoms with Gasteiger partial charge in [-0.05, 0) is 35.5 Å². The van der Waals surface area contributed by atoms with Crippen LogP contribution in [0.4, 0.5) is 4.79 Å². The summed E-state index contributed by atoms with van der Waals surface area (Å²) in [5.74, 6) is 0.0342. The summed E-state index contributed by atoms with van der Waals surface area (Å²) in [5.41, 5.74) is 0.584. The van der Waals surface area contributed by atoms with Crippen molar-refractivity contribution in [2.24, 2.45) is 0 Å². The molecule has 0 aliphatic rings. The Morgan fingerprint density at radius 3 is 2.42 bits per heavy atom. The maximum atomic E-state index is 11.9. The van der Waals surface area contributed by atoms with Crippen molar-refractivity contribution in [3.63, 3.8) is 0 Å². The van der Waals surface area contributed by atoms with E-state index in [9.17, 15) is 19.7 Å². The maximum absolute atomic E-state index is 11.9. The van der Waals surface area contributed by atoms with E-state index in [1.807, 2.05) is 0 Å². The topological polar surface area (TPSA) is 128 Å². The number of methoxy groups -OCH3 is 2. The van der Waals surface area contributed by atoms with Gasteiger partial charge < -0.3 is 19.3 Å². The Balaban J connectivity index is 2.54. The largest absolute Gasteiger partial charge is 0.493 e. The fourth-order valence-corrected chi connectivity index (χ4v) is 2.14.